The molecule has 1 aliphatic rings. The van der Waals surface area contributed by atoms with Crippen molar-refractivity contribution in [3.8, 4) is 0 Å². The Morgan fingerprint density at radius 1 is 1.45 bits per heavy atom. The van der Waals surface area contributed by atoms with E-state index in [0.29, 0.717) is 12.2 Å². The van der Waals surface area contributed by atoms with E-state index in [1.807, 2.05) is 6.07 Å². The molecule has 0 bridgehead atoms. The maximum absolute atomic E-state index is 11.9. The van der Waals surface area contributed by atoms with Crippen LogP contribution in [-0.2, 0) is 4.74 Å². The smallest absolute Gasteiger partial charge is 0.269 e. The van der Waals surface area contributed by atoms with Gasteiger partial charge < -0.3 is 10.1 Å². The molecule has 1 amide bonds. The molecule has 2 rings (SSSR count). The second-order valence-corrected chi connectivity index (χ2v) is 5.49. The van der Waals surface area contributed by atoms with Gasteiger partial charge in [0, 0.05) is 31.9 Å². The van der Waals surface area contributed by atoms with Crippen LogP contribution in [0.25, 0.3) is 0 Å². The van der Waals surface area contributed by atoms with Crippen LogP contribution in [-0.4, -0.2) is 53.7 Å². The molecule has 20 heavy (non-hydrogen) atoms. The Morgan fingerprint density at radius 2 is 2.15 bits per heavy atom. The predicted octanol–water partition coefficient (Wildman–Crippen LogP) is 1.31. The van der Waals surface area contributed by atoms with Crippen molar-refractivity contribution in [1.29, 1.82) is 0 Å². The van der Waals surface area contributed by atoms with Gasteiger partial charge in [-0.25, -0.2) is 0 Å². The highest BCUT2D eigenvalue weighted by Gasteiger charge is 2.25. The molecule has 1 aromatic rings. The maximum Gasteiger partial charge on any atom is 0.269 e. The number of pyridine rings is 1. The van der Waals surface area contributed by atoms with Crippen LogP contribution < -0.4 is 5.32 Å². The molecule has 0 unspecified atom stereocenters. The summed E-state index contributed by atoms with van der Waals surface area (Å²) >= 11 is 0. The van der Waals surface area contributed by atoms with Gasteiger partial charge in [0.2, 0.25) is 0 Å². The largest absolute Gasteiger partial charge is 0.373 e. The van der Waals surface area contributed by atoms with Gasteiger partial charge in [-0.3, -0.25) is 14.7 Å². The summed E-state index contributed by atoms with van der Waals surface area (Å²) in [6, 6.07) is 5.63. The molecule has 0 radical (unpaired) electrons. The van der Waals surface area contributed by atoms with Gasteiger partial charge in [-0.15, -0.1) is 0 Å². The van der Waals surface area contributed by atoms with Crippen LogP contribution in [0.5, 0.6) is 0 Å². The molecule has 110 valence electrons. The van der Waals surface area contributed by atoms with Crippen molar-refractivity contribution in [2.45, 2.75) is 39.0 Å². The van der Waals surface area contributed by atoms with Gasteiger partial charge in [-0.05, 0) is 32.9 Å². The summed E-state index contributed by atoms with van der Waals surface area (Å²) in [6.07, 6.45) is 2.12. The van der Waals surface area contributed by atoms with Gasteiger partial charge in [0.1, 0.15) is 5.69 Å². The van der Waals surface area contributed by atoms with E-state index in [2.05, 4.69) is 36.0 Å². The molecular formula is C15H23N3O2. The maximum atomic E-state index is 11.9. The summed E-state index contributed by atoms with van der Waals surface area (Å²) < 4.78 is 5.72. The molecule has 0 aliphatic carbocycles. The fraction of sp³-hybridized carbons (Fsp3) is 0.600. The number of aromatic nitrogens is 1. The number of carbonyl (C=O) groups is 1. The fourth-order valence-corrected chi connectivity index (χ4v) is 2.53. The second kappa shape index (κ2) is 6.81. The topological polar surface area (TPSA) is 54.5 Å². The van der Waals surface area contributed by atoms with Crippen LogP contribution in [0.2, 0.25) is 0 Å². The molecule has 2 heterocycles. The molecule has 1 fully saturated rings. The Bertz CT molecular complexity index is 428. The summed E-state index contributed by atoms with van der Waals surface area (Å²) in [6.45, 7) is 8.73. The third-order valence-corrected chi connectivity index (χ3v) is 3.53. The fourth-order valence-electron chi connectivity index (χ4n) is 2.53. The molecule has 1 aromatic heterocycles. The SMILES string of the molecule is C[C@@H]1CN([C@H](C)CNC(=O)c2ccccn2)C[C@H](C)O1. The van der Waals surface area contributed by atoms with Gasteiger partial charge in [0.25, 0.3) is 5.91 Å². The Kier molecular flexibility index (Phi) is 5.09. The quantitative estimate of drug-likeness (QED) is 0.901. The third-order valence-electron chi connectivity index (χ3n) is 3.53. The van der Waals surface area contributed by atoms with Crippen LogP contribution in [0, 0.1) is 0 Å². The molecule has 1 saturated heterocycles. The van der Waals surface area contributed by atoms with E-state index in [1.165, 1.54) is 0 Å². The Morgan fingerprint density at radius 3 is 2.75 bits per heavy atom. The number of hydrogen-bond acceptors (Lipinski definition) is 4. The monoisotopic (exact) mass is 277 g/mol. The predicted molar refractivity (Wildman–Crippen MR) is 77.6 cm³/mol. The number of nitrogens with one attached hydrogen (secondary N) is 1. The van der Waals surface area contributed by atoms with Crippen molar-refractivity contribution in [2.24, 2.45) is 0 Å². The van der Waals surface area contributed by atoms with Gasteiger partial charge in [-0.2, -0.15) is 0 Å². The highest BCUT2D eigenvalue weighted by Crippen LogP contribution is 2.13. The standard InChI is InChI=1S/C15H23N3O2/c1-11(18-9-12(2)20-13(3)10-18)8-17-15(19)14-6-4-5-7-16-14/h4-7,11-13H,8-10H2,1-3H3,(H,17,19)/t11-,12-,13+/m1/s1. The minimum atomic E-state index is -0.119. The minimum Gasteiger partial charge on any atom is -0.373 e. The number of carbonyl (C=O) groups excluding carboxylic acids is 1. The van der Waals surface area contributed by atoms with Crippen LogP contribution in [0.15, 0.2) is 24.4 Å². The lowest BCUT2D eigenvalue weighted by Crippen LogP contribution is -2.52. The molecule has 0 aromatic carbocycles. The summed E-state index contributed by atoms with van der Waals surface area (Å²) in [7, 11) is 0. The summed E-state index contributed by atoms with van der Waals surface area (Å²) in [5.41, 5.74) is 0.461. The molecule has 3 atom stereocenters. The zero-order valence-corrected chi connectivity index (χ0v) is 12.4. The van der Waals surface area contributed by atoms with Crippen molar-refractivity contribution >= 4 is 5.91 Å². The number of nitrogens with zero attached hydrogens (tertiary/aromatic N) is 2. The first kappa shape index (κ1) is 14.9. The van der Waals surface area contributed by atoms with Gasteiger partial charge in [0.15, 0.2) is 0 Å². The molecular weight excluding hydrogens is 254 g/mol. The van der Waals surface area contributed by atoms with Crippen LogP contribution in [0.3, 0.4) is 0 Å². The van der Waals surface area contributed by atoms with E-state index >= 15 is 0 Å². The van der Waals surface area contributed by atoms with E-state index in [9.17, 15) is 4.79 Å². The number of hydrogen-bond donors (Lipinski definition) is 1. The van der Waals surface area contributed by atoms with Crippen molar-refractivity contribution in [2.75, 3.05) is 19.6 Å². The van der Waals surface area contributed by atoms with Gasteiger partial charge >= 0.3 is 0 Å². The average molecular weight is 277 g/mol. The zero-order valence-electron chi connectivity index (χ0n) is 12.4. The van der Waals surface area contributed by atoms with Gasteiger partial charge in [-0.1, -0.05) is 6.07 Å². The average Bonchev–Trinajstić information content (AvgIpc) is 2.44. The number of amides is 1. The first-order valence-corrected chi connectivity index (χ1v) is 7.15. The van der Waals surface area contributed by atoms with Crippen molar-refractivity contribution in [3.63, 3.8) is 0 Å². The third kappa shape index (κ3) is 4.02. The van der Waals surface area contributed by atoms with Crippen LogP contribution in [0.1, 0.15) is 31.3 Å². The summed E-state index contributed by atoms with van der Waals surface area (Å²) in [4.78, 5) is 18.4. The van der Waals surface area contributed by atoms with E-state index in [1.54, 1.807) is 18.3 Å². The minimum absolute atomic E-state index is 0.119. The Hall–Kier alpha value is -1.46. The van der Waals surface area contributed by atoms with Crippen molar-refractivity contribution < 1.29 is 9.53 Å². The lowest BCUT2D eigenvalue weighted by molar-refractivity contribution is -0.0778. The zero-order chi connectivity index (χ0) is 14.5. The lowest BCUT2D eigenvalue weighted by atomic mass is 10.1. The van der Waals surface area contributed by atoms with E-state index in [4.69, 9.17) is 4.74 Å². The molecule has 5 heteroatoms. The molecule has 0 spiro atoms. The van der Waals surface area contributed by atoms with Crippen molar-refractivity contribution in [3.05, 3.63) is 30.1 Å². The lowest BCUT2D eigenvalue weighted by Gasteiger charge is -2.38. The number of morpholine rings is 1. The van der Waals surface area contributed by atoms with E-state index in [0.717, 1.165) is 13.1 Å². The van der Waals surface area contributed by atoms with Crippen LogP contribution >= 0.6 is 0 Å². The van der Waals surface area contributed by atoms with Crippen LogP contribution in [0.4, 0.5) is 0 Å². The molecule has 1 N–H and O–H groups in total. The summed E-state index contributed by atoms with van der Waals surface area (Å²) in [5.74, 6) is -0.119. The number of rotatable bonds is 4. The normalized spacial score (nSPS) is 25.1. The Balaban J connectivity index is 1.83. The molecule has 5 nitrogen and oxygen atoms in total. The first-order valence-electron chi connectivity index (χ1n) is 7.15. The van der Waals surface area contributed by atoms with Crippen molar-refractivity contribution in [1.82, 2.24) is 15.2 Å². The molecule has 0 saturated carbocycles. The van der Waals surface area contributed by atoms with E-state index in [-0.39, 0.29) is 24.2 Å². The first-order chi connectivity index (χ1) is 9.56. The highest BCUT2D eigenvalue weighted by atomic mass is 16.5. The molecule has 1 aliphatic heterocycles. The Labute approximate surface area is 120 Å². The van der Waals surface area contributed by atoms with Gasteiger partial charge in [0.05, 0.1) is 12.2 Å². The highest BCUT2D eigenvalue weighted by molar-refractivity contribution is 5.92. The summed E-state index contributed by atoms with van der Waals surface area (Å²) in [5, 5.41) is 2.94. The second-order valence-electron chi connectivity index (χ2n) is 5.49. The van der Waals surface area contributed by atoms with E-state index < -0.39 is 0 Å². The number of ether oxygens (including phenoxy) is 1.